The highest BCUT2D eigenvalue weighted by atomic mass is 16.3. The molecule has 6 N–H and O–H groups in total. The summed E-state index contributed by atoms with van der Waals surface area (Å²) >= 11 is 0. The summed E-state index contributed by atoms with van der Waals surface area (Å²) in [4.78, 5) is 0. The predicted octanol–water partition coefficient (Wildman–Crippen LogP) is 7.30. The smallest absolute Gasteiger partial charge is 0.107 e. The standard InChI is InChI=1S/C34H40N4O2/c1-5-33(6-2)35-23-13-9-11-19-21(15-17-25(37-33)27(19)23)29-31(39)30(32(29)40)22-16-18-26-28-20(22)12-10-14-24(28)36-34(7-3,8-4)38-26/h9-18,29-32,35-40H,5-8H2,1-4H3. The molecule has 1 saturated carbocycles. The minimum absolute atomic E-state index is 0.171. The monoisotopic (exact) mass is 536 g/mol. The minimum atomic E-state index is -0.686. The molecule has 1 aliphatic carbocycles. The first-order valence-electron chi connectivity index (χ1n) is 15.0. The Bertz CT molecular complexity index is 1470. The molecule has 0 aromatic heterocycles. The maximum absolute atomic E-state index is 11.7. The Morgan fingerprint density at radius 1 is 0.525 bits per heavy atom. The molecule has 0 saturated heterocycles. The van der Waals surface area contributed by atoms with Gasteiger partial charge in [0.2, 0.25) is 0 Å². The van der Waals surface area contributed by atoms with Crippen LogP contribution in [-0.2, 0) is 0 Å². The number of anilines is 4. The molecule has 0 spiro atoms. The number of rotatable bonds is 6. The molecule has 0 bridgehead atoms. The second kappa shape index (κ2) is 9.02. The molecular weight excluding hydrogens is 496 g/mol. The zero-order valence-corrected chi connectivity index (χ0v) is 23.8. The minimum Gasteiger partial charge on any atom is -0.392 e. The summed E-state index contributed by atoms with van der Waals surface area (Å²) in [5.41, 5.74) is 6.09. The Morgan fingerprint density at radius 2 is 0.875 bits per heavy atom. The van der Waals surface area contributed by atoms with Gasteiger partial charge < -0.3 is 31.5 Å². The Balaban J connectivity index is 1.26. The second-order valence-electron chi connectivity index (χ2n) is 12.0. The third kappa shape index (κ3) is 3.42. The van der Waals surface area contributed by atoms with Crippen LogP contribution in [-0.4, -0.2) is 33.7 Å². The lowest BCUT2D eigenvalue weighted by atomic mass is 9.62. The van der Waals surface area contributed by atoms with Gasteiger partial charge in [-0.05, 0) is 71.8 Å². The number of aliphatic hydroxyl groups is 2. The fourth-order valence-electron chi connectivity index (χ4n) is 7.60. The van der Waals surface area contributed by atoms with E-state index in [1.54, 1.807) is 0 Å². The lowest BCUT2D eigenvalue weighted by molar-refractivity contribution is -0.0775. The van der Waals surface area contributed by atoms with Crippen LogP contribution in [0.2, 0.25) is 0 Å². The van der Waals surface area contributed by atoms with Gasteiger partial charge in [0.15, 0.2) is 0 Å². The van der Waals surface area contributed by atoms with E-state index >= 15 is 0 Å². The molecule has 40 heavy (non-hydrogen) atoms. The van der Waals surface area contributed by atoms with E-state index < -0.39 is 12.2 Å². The van der Waals surface area contributed by atoms with E-state index in [0.29, 0.717) is 0 Å². The number of aliphatic hydroxyl groups excluding tert-OH is 2. The summed E-state index contributed by atoms with van der Waals surface area (Å²) < 4.78 is 0. The van der Waals surface area contributed by atoms with Gasteiger partial charge in [0.25, 0.3) is 0 Å². The SMILES string of the molecule is CCC1(CC)Nc2cccc3c(C4C(O)C(c5ccc6c7c(cccc57)NC(CC)(CC)N6)C4O)ccc(c23)N1. The van der Waals surface area contributed by atoms with Crippen molar-refractivity contribution >= 4 is 44.3 Å². The van der Waals surface area contributed by atoms with E-state index in [1.165, 1.54) is 0 Å². The van der Waals surface area contributed by atoms with Crippen molar-refractivity contribution in [1.82, 2.24) is 0 Å². The van der Waals surface area contributed by atoms with E-state index in [4.69, 9.17) is 0 Å². The highest BCUT2D eigenvalue weighted by Crippen LogP contribution is 2.54. The van der Waals surface area contributed by atoms with Gasteiger partial charge in [0.1, 0.15) is 11.3 Å². The van der Waals surface area contributed by atoms with E-state index in [9.17, 15) is 10.2 Å². The van der Waals surface area contributed by atoms with Gasteiger partial charge >= 0.3 is 0 Å². The van der Waals surface area contributed by atoms with Crippen molar-refractivity contribution in [3.05, 3.63) is 71.8 Å². The molecule has 2 heterocycles. The van der Waals surface area contributed by atoms with Gasteiger partial charge in [0, 0.05) is 45.4 Å². The average molecular weight is 537 g/mol. The first-order chi connectivity index (χ1) is 19.4. The lowest BCUT2D eigenvalue weighted by Gasteiger charge is -2.48. The molecule has 4 aromatic rings. The molecule has 0 atom stereocenters. The first-order valence-corrected chi connectivity index (χ1v) is 15.0. The highest BCUT2D eigenvalue weighted by molar-refractivity contribution is 6.08. The van der Waals surface area contributed by atoms with Gasteiger partial charge in [-0.1, -0.05) is 64.1 Å². The molecular formula is C34H40N4O2. The van der Waals surface area contributed by atoms with Crippen molar-refractivity contribution in [1.29, 1.82) is 0 Å². The van der Waals surface area contributed by atoms with E-state index in [-0.39, 0.29) is 23.2 Å². The summed E-state index contributed by atoms with van der Waals surface area (Å²) in [5, 5.41) is 42.8. The quantitative estimate of drug-likeness (QED) is 0.155. The predicted molar refractivity (Wildman–Crippen MR) is 167 cm³/mol. The zero-order chi connectivity index (χ0) is 27.8. The van der Waals surface area contributed by atoms with E-state index in [0.717, 1.165) is 81.1 Å². The maximum Gasteiger partial charge on any atom is 0.107 e. The molecule has 0 amide bonds. The first kappa shape index (κ1) is 25.5. The molecule has 0 radical (unpaired) electrons. The molecule has 3 aliphatic rings. The van der Waals surface area contributed by atoms with Crippen LogP contribution in [0.1, 0.15) is 76.3 Å². The van der Waals surface area contributed by atoms with Crippen LogP contribution in [0.4, 0.5) is 22.7 Å². The van der Waals surface area contributed by atoms with Crippen molar-refractivity contribution in [3.8, 4) is 0 Å². The number of benzene rings is 4. The van der Waals surface area contributed by atoms with Gasteiger partial charge in [-0.3, -0.25) is 0 Å². The van der Waals surface area contributed by atoms with Gasteiger partial charge in [-0.15, -0.1) is 0 Å². The van der Waals surface area contributed by atoms with Crippen LogP contribution in [0, 0.1) is 0 Å². The molecule has 2 aliphatic heterocycles. The van der Waals surface area contributed by atoms with E-state index in [2.05, 4.69) is 110 Å². The largest absolute Gasteiger partial charge is 0.392 e. The second-order valence-corrected chi connectivity index (χ2v) is 12.0. The summed E-state index contributed by atoms with van der Waals surface area (Å²) in [7, 11) is 0. The molecule has 7 rings (SSSR count). The number of hydrogen-bond donors (Lipinski definition) is 6. The van der Waals surface area contributed by atoms with Gasteiger partial charge in [0.05, 0.1) is 12.2 Å². The maximum atomic E-state index is 11.7. The summed E-state index contributed by atoms with van der Waals surface area (Å²) in [6.07, 6.45) is 2.46. The van der Waals surface area contributed by atoms with E-state index in [1.807, 2.05) is 0 Å². The fourth-order valence-corrected chi connectivity index (χ4v) is 7.60. The van der Waals surface area contributed by atoms with Crippen LogP contribution in [0.25, 0.3) is 21.5 Å². The third-order valence-corrected chi connectivity index (χ3v) is 10.2. The topological polar surface area (TPSA) is 88.6 Å². The van der Waals surface area contributed by atoms with Crippen LogP contribution in [0.3, 0.4) is 0 Å². The van der Waals surface area contributed by atoms with Crippen molar-refractivity contribution in [2.75, 3.05) is 21.3 Å². The molecule has 1 fully saturated rings. The van der Waals surface area contributed by atoms with Crippen LogP contribution in [0.5, 0.6) is 0 Å². The van der Waals surface area contributed by atoms with Crippen molar-refractivity contribution in [2.45, 2.75) is 88.7 Å². The van der Waals surface area contributed by atoms with Crippen molar-refractivity contribution < 1.29 is 10.2 Å². The van der Waals surface area contributed by atoms with Crippen LogP contribution >= 0.6 is 0 Å². The lowest BCUT2D eigenvalue weighted by Crippen LogP contribution is -2.52. The zero-order valence-electron chi connectivity index (χ0n) is 23.8. The summed E-state index contributed by atoms with van der Waals surface area (Å²) in [6, 6.07) is 21.1. The fraction of sp³-hybridized carbons (Fsp3) is 0.412. The summed E-state index contributed by atoms with van der Waals surface area (Å²) in [6.45, 7) is 8.79. The normalized spacial score (nSPS) is 25.4. The Labute approximate surface area is 236 Å². The Kier molecular flexibility index (Phi) is 5.74. The van der Waals surface area contributed by atoms with Gasteiger partial charge in [-0.25, -0.2) is 0 Å². The number of hydrogen-bond acceptors (Lipinski definition) is 6. The average Bonchev–Trinajstić information content (AvgIpc) is 2.99. The van der Waals surface area contributed by atoms with Crippen LogP contribution < -0.4 is 21.3 Å². The van der Waals surface area contributed by atoms with Crippen molar-refractivity contribution in [2.24, 2.45) is 0 Å². The molecule has 6 heteroatoms. The Morgan fingerprint density at radius 3 is 1.23 bits per heavy atom. The van der Waals surface area contributed by atoms with Crippen LogP contribution in [0.15, 0.2) is 60.7 Å². The molecule has 6 nitrogen and oxygen atoms in total. The molecule has 4 aromatic carbocycles. The molecule has 0 unspecified atom stereocenters. The summed E-state index contributed by atoms with van der Waals surface area (Å²) in [5.74, 6) is -0.707. The number of nitrogens with one attached hydrogen (secondary N) is 4. The van der Waals surface area contributed by atoms with Crippen molar-refractivity contribution in [3.63, 3.8) is 0 Å². The third-order valence-electron chi connectivity index (χ3n) is 10.2. The Hall–Kier alpha value is -3.48. The highest BCUT2D eigenvalue weighted by Gasteiger charge is 2.51. The van der Waals surface area contributed by atoms with Gasteiger partial charge in [-0.2, -0.15) is 0 Å². The molecule has 208 valence electrons.